The molecular formula is C19H25ClN2O5. The first kappa shape index (κ1) is 20.9. The molecule has 1 aliphatic heterocycles. The maximum absolute atomic E-state index is 12.6. The highest BCUT2D eigenvalue weighted by atomic mass is 35.5. The second-order valence-electron chi connectivity index (χ2n) is 5.90. The number of allylic oxidation sites excluding steroid dienone is 1. The zero-order valence-corrected chi connectivity index (χ0v) is 16.7. The SMILES string of the molecule is CCCOC(=O)C1=C(C)NC(=O)NC1c1cc(Cl)c(OCC)c(OCC)c1. The first-order chi connectivity index (χ1) is 12.9. The Labute approximate surface area is 164 Å². The number of nitrogens with one attached hydrogen (secondary N) is 2. The van der Waals surface area contributed by atoms with Gasteiger partial charge in [-0.15, -0.1) is 0 Å². The van der Waals surface area contributed by atoms with Crippen LogP contribution < -0.4 is 20.1 Å². The van der Waals surface area contributed by atoms with E-state index in [4.69, 9.17) is 25.8 Å². The minimum atomic E-state index is -0.713. The molecule has 0 bridgehead atoms. The van der Waals surface area contributed by atoms with Gasteiger partial charge in [0.05, 0.1) is 36.5 Å². The molecule has 8 heteroatoms. The van der Waals surface area contributed by atoms with Gasteiger partial charge in [-0.3, -0.25) is 0 Å². The van der Waals surface area contributed by atoms with Crippen LogP contribution in [0.1, 0.15) is 45.7 Å². The lowest BCUT2D eigenvalue weighted by Crippen LogP contribution is -2.45. The lowest BCUT2D eigenvalue weighted by Gasteiger charge is -2.29. The molecule has 1 unspecified atom stereocenters. The molecule has 1 aromatic rings. The smallest absolute Gasteiger partial charge is 0.338 e. The van der Waals surface area contributed by atoms with Gasteiger partial charge >= 0.3 is 12.0 Å². The van der Waals surface area contributed by atoms with Crippen molar-refractivity contribution in [1.82, 2.24) is 10.6 Å². The molecule has 0 aromatic heterocycles. The third-order valence-electron chi connectivity index (χ3n) is 3.88. The summed E-state index contributed by atoms with van der Waals surface area (Å²) in [6, 6.07) is 2.26. The van der Waals surface area contributed by atoms with E-state index < -0.39 is 18.0 Å². The zero-order valence-electron chi connectivity index (χ0n) is 16.0. The van der Waals surface area contributed by atoms with Crippen LogP contribution in [0.3, 0.4) is 0 Å². The number of hydrogen-bond acceptors (Lipinski definition) is 5. The summed E-state index contributed by atoms with van der Waals surface area (Å²) in [4.78, 5) is 24.6. The van der Waals surface area contributed by atoms with Gasteiger partial charge in [0.15, 0.2) is 11.5 Å². The molecule has 1 aromatic carbocycles. The van der Waals surface area contributed by atoms with E-state index in [0.29, 0.717) is 59.6 Å². The third-order valence-corrected chi connectivity index (χ3v) is 4.16. The van der Waals surface area contributed by atoms with E-state index in [-0.39, 0.29) is 0 Å². The molecule has 0 fully saturated rings. The fraction of sp³-hybridized carbons (Fsp3) is 0.474. The van der Waals surface area contributed by atoms with E-state index >= 15 is 0 Å². The van der Waals surface area contributed by atoms with E-state index in [1.807, 2.05) is 20.8 Å². The summed E-state index contributed by atoms with van der Waals surface area (Å²) in [5, 5.41) is 5.70. The van der Waals surface area contributed by atoms with Crippen LogP contribution in [0.5, 0.6) is 11.5 Å². The van der Waals surface area contributed by atoms with Gasteiger partial charge in [-0.05, 0) is 44.9 Å². The molecule has 0 saturated heterocycles. The van der Waals surface area contributed by atoms with E-state index in [1.54, 1.807) is 19.1 Å². The fourth-order valence-electron chi connectivity index (χ4n) is 2.79. The van der Waals surface area contributed by atoms with Gasteiger partial charge in [-0.1, -0.05) is 18.5 Å². The number of rotatable bonds is 8. The molecule has 1 atom stereocenters. The molecule has 0 radical (unpaired) electrons. The molecule has 7 nitrogen and oxygen atoms in total. The molecule has 0 saturated carbocycles. The van der Waals surface area contributed by atoms with E-state index in [2.05, 4.69) is 10.6 Å². The summed E-state index contributed by atoms with van der Waals surface area (Å²) < 4.78 is 16.5. The summed E-state index contributed by atoms with van der Waals surface area (Å²) in [5.41, 5.74) is 1.36. The van der Waals surface area contributed by atoms with Gasteiger partial charge in [0.1, 0.15) is 0 Å². The van der Waals surface area contributed by atoms with Crippen molar-refractivity contribution in [3.8, 4) is 11.5 Å². The maximum Gasteiger partial charge on any atom is 0.338 e. The molecule has 2 N–H and O–H groups in total. The molecule has 2 rings (SSSR count). The first-order valence-corrected chi connectivity index (χ1v) is 9.35. The van der Waals surface area contributed by atoms with Crippen LogP contribution in [0.2, 0.25) is 5.02 Å². The number of esters is 1. The summed E-state index contributed by atoms with van der Waals surface area (Å²) in [7, 11) is 0. The van der Waals surface area contributed by atoms with Gasteiger partial charge < -0.3 is 24.8 Å². The largest absolute Gasteiger partial charge is 0.490 e. The van der Waals surface area contributed by atoms with Crippen LogP contribution >= 0.6 is 11.6 Å². The van der Waals surface area contributed by atoms with Crippen molar-refractivity contribution in [2.75, 3.05) is 19.8 Å². The Kier molecular flexibility index (Phi) is 7.36. The van der Waals surface area contributed by atoms with E-state index in [0.717, 1.165) is 0 Å². The van der Waals surface area contributed by atoms with Crippen LogP contribution in [-0.4, -0.2) is 31.8 Å². The lowest BCUT2D eigenvalue weighted by molar-refractivity contribution is -0.139. The van der Waals surface area contributed by atoms with Crippen molar-refractivity contribution >= 4 is 23.6 Å². The molecule has 27 heavy (non-hydrogen) atoms. The number of carbonyl (C=O) groups excluding carboxylic acids is 2. The quantitative estimate of drug-likeness (QED) is 0.654. The predicted molar refractivity (Wildman–Crippen MR) is 102 cm³/mol. The second kappa shape index (κ2) is 9.50. The van der Waals surface area contributed by atoms with Crippen molar-refractivity contribution in [2.24, 2.45) is 0 Å². The second-order valence-corrected chi connectivity index (χ2v) is 6.31. The Morgan fingerprint density at radius 3 is 2.52 bits per heavy atom. The van der Waals surface area contributed by atoms with Gasteiger partial charge in [-0.2, -0.15) is 0 Å². The van der Waals surface area contributed by atoms with Crippen LogP contribution in [0.15, 0.2) is 23.4 Å². The van der Waals surface area contributed by atoms with Crippen molar-refractivity contribution < 1.29 is 23.8 Å². The third kappa shape index (κ3) is 4.86. The average molecular weight is 397 g/mol. The Morgan fingerprint density at radius 2 is 1.89 bits per heavy atom. The average Bonchev–Trinajstić information content (AvgIpc) is 2.61. The van der Waals surface area contributed by atoms with Crippen molar-refractivity contribution in [1.29, 1.82) is 0 Å². The Hall–Kier alpha value is -2.41. The van der Waals surface area contributed by atoms with Crippen LogP contribution in [0.25, 0.3) is 0 Å². The topological polar surface area (TPSA) is 85.9 Å². The highest BCUT2D eigenvalue weighted by molar-refractivity contribution is 6.32. The number of hydrogen-bond donors (Lipinski definition) is 2. The molecule has 2 amide bonds. The van der Waals surface area contributed by atoms with Crippen LogP contribution in [-0.2, 0) is 9.53 Å². The summed E-state index contributed by atoms with van der Waals surface area (Å²) >= 11 is 6.39. The van der Waals surface area contributed by atoms with Crippen LogP contribution in [0.4, 0.5) is 4.79 Å². The van der Waals surface area contributed by atoms with E-state index in [1.165, 1.54) is 0 Å². The minimum Gasteiger partial charge on any atom is -0.490 e. The maximum atomic E-state index is 12.6. The number of carbonyl (C=O) groups is 2. The molecule has 1 heterocycles. The molecular weight excluding hydrogens is 372 g/mol. The van der Waals surface area contributed by atoms with Crippen molar-refractivity contribution in [2.45, 2.75) is 40.2 Å². The van der Waals surface area contributed by atoms with Gasteiger partial charge in [0.25, 0.3) is 0 Å². The predicted octanol–water partition coefficient (Wildman–Crippen LogP) is 3.72. The monoisotopic (exact) mass is 396 g/mol. The summed E-state index contributed by atoms with van der Waals surface area (Å²) in [6.45, 7) is 8.41. The van der Waals surface area contributed by atoms with E-state index in [9.17, 15) is 9.59 Å². The van der Waals surface area contributed by atoms with Gasteiger partial charge in [-0.25, -0.2) is 9.59 Å². The number of urea groups is 1. The zero-order chi connectivity index (χ0) is 20.0. The minimum absolute atomic E-state index is 0.296. The number of halogens is 1. The van der Waals surface area contributed by atoms with Crippen molar-refractivity contribution in [3.05, 3.63) is 34.0 Å². The lowest BCUT2D eigenvalue weighted by atomic mass is 9.95. The summed E-state index contributed by atoms with van der Waals surface area (Å²) in [6.07, 6.45) is 0.700. The Morgan fingerprint density at radius 1 is 1.19 bits per heavy atom. The molecule has 148 valence electrons. The first-order valence-electron chi connectivity index (χ1n) is 8.97. The fourth-order valence-corrected chi connectivity index (χ4v) is 3.06. The highest BCUT2D eigenvalue weighted by Crippen LogP contribution is 2.40. The van der Waals surface area contributed by atoms with Crippen LogP contribution in [0, 0.1) is 0 Å². The Bertz CT molecular complexity index is 748. The van der Waals surface area contributed by atoms with Crippen molar-refractivity contribution in [3.63, 3.8) is 0 Å². The molecule has 1 aliphatic rings. The number of ether oxygens (including phenoxy) is 3. The standard InChI is InChI=1S/C19H25ClN2O5/c1-5-8-27-18(23)15-11(4)21-19(24)22-16(15)12-9-13(20)17(26-7-3)14(10-12)25-6-2/h9-10,16H,5-8H2,1-4H3,(H2,21,22,24). The summed E-state index contributed by atoms with van der Waals surface area (Å²) in [5.74, 6) is 0.393. The highest BCUT2D eigenvalue weighted by Gasteiger charge is 2.33. The normalized spacial score (nSPS) is 16.5. The number of amides is 2. The van der Waals surface area contributed by atoms with Gasteiger partial charge in [0, 0.05) is 5.70 Å². The molecule has 0 aliphatic carbocycles. The molecule has 0 spiro atoms. The Balaban J connectivity index is 2.50. The number of benzene rings is 1. The van der Waals surface area contributed by atoms with Gasteiger partial charge in [0.2, 0.25) is 0 Å².